The van der Waals surface area contributed by atoms with E-state index in [0.29, 0.717) is 14.9 Å². The van der Waals surface area contributed by atoms with Gasteiger partial charge in [0.05, 0.1) is 6.10 Å². The van der Waals surface area contributed by atoms with Crippen molar-refractivity contribution in [2.75, 3.05) is 0 Å². The molecule has 0 saturated heterocycles. The van der Waals surface area contributed by atoms with Gasteiger partial charge in [0, 0.05) is 8.81 Å². The second-order valence-electron chi connectivity index (χ2n) is 5.95. The van der Waals surface area contributed by atoms with Gasteiger partial charge in [-0.15, -0.1) is 0 Å². The average Bonchev–Trinajstić information content (AvgIpc) is 2.37. The largest absolute Gasteiger partial charge is 0.354 e. The third-order valence-corrected chi connectivity index (χ3v) is 5.05. The lowest BCUT2D eigenvalue weighted by atomic mass is 9.75. The molecule has 100 valence electrons. The van der Waals surface area contributed by atoms with Crippen molar-refractivity contribution in [3.8, 4) is 0 Å². The van der Waals surface area contributed by atoms with Gasteiger partial charge in [0.1, 0.15) is 0 Å². The highest BCUT2D eigenvalue weighted by molar-refractivity contribution is 7.41. The van der Waals surface area contributed by atoms with E-state index < -0.39 is 0 Å². The summed E-state index contributed by atoms with van der Waals surface area (Å²) in [4.78, 5) is 0. The van der Waals surface area contributed by atoms with Crippen LogP contribution in [0.1, 0.15) is 40.0 Å². The summed E-state index contributed by atoms with van der Waals surface area (Å²) in [6.45, 7) is 7.03. The molecule has 1 aromatic rings. The van der Waals surface area contributed by atoms with Crippen LogP contribution in [0.2, 0.25) is 0 Å². The van der Waals surface area contributed by atoms with Crippen molar-refractivity contribution in [2.45, 2.75) is 46.1 Å². The topological polar surface area (TPSA) is 9.23 Å². The van der Waals surface area contributed by atoms with E-state index in [1.165, 1.54) is 24.6 Å². The fraction of sp³-hybridized carbons (Fsp3) is 0.625. The first-order valence-corrected chi connectivity index (χ1v) is 8.04. The molecule has 2 heteroatoms. The van der Waals surface area contributed by atoms with E-state index in [0.717, 1.165) is 17.8 Å². The van der Waals surface area contributed by atoms with Crippen molar-refractivity contribution < 1.29 is 4.52 Å². The summed E-state index contributed by atoms with van der Waals surface area (Å²) >= 11 is 0. The summed E-state index contributed by atoms with van der Waals surface area (Å²) in [6, 6.07) is 10.6. The Morgan fingerprint density at radius 3 is 2.56 bits per heavy atom. The van der Waals surface area contributed by atoms with E-state index in [-0.39, 0.29) is 0 Å². The second-order valence-corrected chi connectivity index (χ2v) is 6.97. The third-order valence-electron chi connectivity index (χ3n) is 4.06. The van der Waals surface area contributed by atoms with Crippen LogP contribution < -0.4 is 5.30 Å². The Labute approximate surface area is 113 Å². The first-order valence-electron chi connectivity index (χ1n) is 7.13. The van der Waals surface area contributed by atoms with Gasteiger partial charge in [-0.2, -0.15) is 0 Å². The number of benzene rings is 1. The Morgan fingerprint density at radius 2 is 1.89 bits per heavy atom. The molecular weight excluding hydrogens is 239 g/mol. The quantitative estimate of drug-likeness (QED) is 0.733. The van der Waals surface area contributed by atoms with Gasteiger partial charge in [0.25, 0.3) is 0 Å². The molecule has 18 heavy (non-hydrogen) atoms. The van der Waals surface area contributed by atoms with Crippen molar-refractivity contribution >= 4 is 14.1 Å². The average molecular weight is 264 g/mol. The minimum absolute atomic E-state index is 0.465. The molecule has 0 aromatic heterocycles. The molecule has 0 bridgehead atoms. The van der Waals surface area contributed by atoms with Crippen LogP contribution in [0.5, 0.6) is 0 Å². The lowest BCUT2D eigenvalue weighted by Gasteiger charge is -2.37. The highest BCUT2D eigenvalue weighted by Crippen LogP contribution is 2.37. The van der Waals surface area contributed by atoms with Gasteiger partial charge in [0.15, 0.2) is 0 Å². The second kappa shape index (κ2) is 6.68. The van der Waals surface area contributed by atoms with E-state index in [9.17, 15) is 0 Å². The predicted octanol–water partition coefficient (Wildman–Crippen LogP) is 4.38. The van der Waals surface area contributed by atoms with Crippen molar-refractivity contribution in [2.24, 2.45) is 17.8 Å². The van der Waals surface area contributed by atoms with E-state index in [1.807, 2.05) is 0 Å². The molecule has 1 nitrogen and oxygen atoms in total. The van der Waals surface area contributed by atoms with Gasteiger partial charge in [-0.05, 0) is 35.9 Å². The van der Waals surface area contributed by atoms with Crippen molar-refractivity contribution in [3.05, 3.63) is 30.3 Å². The molecule has 1 fully saturated rings. The zero-order valence-corrected chi connectivity index (χ0v) is 12.7. The number of hydrogen-bond acceptors (Lipinski definition) is 1. The Kier molecular flexibility index (Phi) is 5.21. The van der Waals surface area contributed by atoms with Gasteiger partial charge in [-0.25, -0.2) is 0 Å². The first-order chi connectivity index (χ1) is 8.66. The number of hydrogen-bond donors (Lipinski definition) is 0. The van der Waals surface area contributed by atoms with Crippen LogP contribution in [-0.4, -0.2) is 6.10 Å². The molecule has 0 spiro atoms. The molecule has 4 atom stereocenters. The third kappa shape index (κ3) is 3.80. The van der Waals surface area contributed by atoms with Crippen molar-refractivity contribution in [1.29, 1.82) is 0 Å². The zero-order chi connectivity index (χ0) is 13.0. The predicted molar refractivity (Wildman–Crippen MR) is 80.6 cm³/mol. The van der Waals surface area contributed by atoms with Gasteiger partial charge in [0.2, 0.25) is 0 Å². The fourth-order valence-electron chi connectivity index (χ4n) is 2.90. The van der Waals surface area contributed by atoms with Crippen molar-refractivity contribution in [3.63, 3.8) is 0 Å². The summed E-state index contributed by atoms with van der Waals surface area (Å²) in [5, 5.41) is 1.32. The SMILES string of the molecule is CC1CCC(C(C)C)C(OPc2ccccc2)C1. The summed E-state index contributed by atoms with van der Waals surface area (Å²) in [7, 11) is 0.504. The minimum Gasteiger partial charge on any atom is -0.354 e. The smallest absolute Gasteiger partial charge is 0.0651 e. The van der Waals surface area contributed by atoms with Crippen LogP contribution >= 0.6 is 8.81 Å². The summed E-state index contributed by atoms with van der Waals surface area (Å²) in [5.41, 5.74) is 0. The lowest BCUT2D eigenvalue weighted by Crippen LogP contribution is -2.33. The Balaban J connectivity index is 1.92. The van der Waals surface area contributed by atoms with Gasteiger partial charge < -0.3 is 4.52 Å². The maximum Gasteiger partial charge on any atom is 0.0651 e. The van der Waals surface area contributed by atoms with Crippen LogP contribution in [0.25, 0.3) is 0 Å². The highest BCUT2D eigenvalue weighted by Gasteiger charge is 2.31. The van der Waals surface area contributed by atoms with E-state index in [1.54, 1.807) is 0 Å². The van der Waals surface area contributed by atoms with Crippen molar-refractivity contribution in [1.82, 2.24) is 0 Å². The molecule has 1 aliphatic carbocycles. The molecule has 0 N–H and O–H groups in total. The van der Waals surface area contributed by atoms with Crippen LogP contribution in [0.4, 0.5) is 0 Å². The van der Waals surface area contributed by atoms with Gasteiger partial charge >= 0.3 is 0 Å². The van der Waals surface area contributed by atoms with E-state index in [4.69, 9.17) is 4.52 Å². The lowest BCUT2D eigenvalue weighted by molar-refractivity contribution is 0.0594. The molecule has 0 aliphatic heterocycles. The molecular formula is C16H25OP. The Bertz CT molecular complexity index is 349. The summed E-state index contributed by atoms with van der Waals surface area (Å²) in [5.74, 6) is 2.31. The monoisotopic (exact) mass is 264 g/mol. The standard InChI is InChI=1S/C16H25OP/c1-12(2)15-10-9-13(3)11-16(15)17-18-14-7-5-4-6-8-14/h4-8,12-13,15-16,18H,9-11H2,1-3H3. The first kappa shape index (κ1) is 14.0. The molecule has 1 saturated carbocycles. The minimum atomic E-state index is 0.465. The van der Waals surface area contributed by atoms with E-state index in [2.05, 4.69) is 51.1 Å². The number of rotatable bonds is 4. The molecule has 0 amide bonds. The zero-order valence-electron chi connectivity index (χ0n) is 11.7. The van der Waals surface area contributed by atoms with Gasteiger partial charge in [-0.3, -0.25) is 0 Å². The van der Waals surface area contributed by atoms with Crippen LogP contribution in [0, 0.1) is 17.8 Å². The summed E-state index contributed by atoms with van der Waals surface area (Å²) < 4.78 is 6.24. The molecule has 0 heterocycles. The molecule has 4 unspecified atom stereocenters. The van der Waals surface area contributed by atoms with Crippen LogP contribution in [0.3, 0.4) is 0 Å². The Hall–Kier alpha value is -0.390. The summed E-state index contributed by atoms with van der Waals surface area (Å²) in [6.07, 6.45) is 4.41. The van der Waals surface area contributed by atoms with Crippen LogP contribution in [0.15, 0.2) is 30.3 Å². The maximum atomic E-state index is 6.24. The molecule has 2 rings (SSSR count). The van der Waals surface area contributed by atoms with E-state index >= 15 is 0 Å². The Morgan fingerprint density at radius 1 is 1.17 bits per heavy atom. The fourth-order valence-corrected chi connectivity index (χ4v) is 3.79. The normalized spacial score (nSPS) is 29.2. The highest BCUT2D eigenvalue weighted by atomic mass is 31.1. The molecule has 1 aromatic carbocycles. The maximum absolute atomic E-state index is 6.24. The van der Waals surface area contributed by atoms with Gasteiger partial charge in [-0.1, -0.05) is 57.5 Å². The molecule has 0 radical (unpaired) electrons. The van der Waals surface area contributed by atoms with Crippen LogP contribution in [-0.2, 0) is 4.52 Å². The molecule has 1 aliphatic rings.